The largest absolute Gasteiger partial charge is 0.390 e. The van der Waals surface area contributed by atoms with Crippen molar-refractivity contribution in [3.8, 4) is 0 Å². The Kier molecular flexibility index (Phi) is 13.3. The van der Waals surface area contributed by atoms with Crippen LogP contribution in [0, 0.1) is 5.41 Å². The van der Waals surface area contributed by atoms with E-state index in [1.807, 2.05) is 20.8 Å². The number of aliphatic hydroxyl groups excluding tert-OH is 1. The summed E-state index contributed by atoms with van der Waals surface area (Å²) >= 11 is 0. The van der Waals surface area contributed by atoms with Gasteiger partial charge in [0.05, 0.1) is 52.4 Å². The Morgan fingerprint density at radius 2 is 1.19 bits per heavy atom. The van der Waals surface area contributed by atoms with Crippen molar-refractivity contribution in [2.75, 3.05) is 52.9 Å². The maximum absolute atomic E-state index is 9.77. The first-order chi connectivity index (χ1) is 9.98. The summed E-state index contributed by atoms with van der Waals surface area (Å²) in [5.74, 6) is 0. The molecule has 0 fully saturated rings. The number of rotatable bonds is 14. The van der Waals surface area contributed by atoms with E-state index < -0.39 is 6.10 Å². The second-order valence-electron chi connectivity index (χ2n) is 6.15. The highest BCUT2D eigenvalue weighted by Gasteiger charge is 2.21. The molecule has 0 aromatic heterocycles. The quantitative estimate of drug-likeness (QED) is 0.499. The molecule has 0 aliphatic rings. The summed E-state index contributed by atoms with van der Waals surface area (Å²) < 4.78 is 21.5. The van der Waals surface area contributed by atoms with Gasteiger partial charge in [-0.05, 0) is 11.8 Å². The lowest BCUT2D eigenvalue weighted by molar-refractivity contribution is -0.0421. The third-order valence-corrected chi connectivity index (χ3v) is 3.03. The first-order valence-corrected chi connectivity index (χ1v) is 7.97. The summed E-state index contributed by atoms with van der Waals surface area (Å²) in [6, 6.07) is 0. The van der Waals surface area contributed by atoms with E-state index in [1.54, 1.807) is 0 Å². The second-order valence-corrected chi connectivity index (χ2v) is 6.15. The summed E-state index contributed by atoms with van der Waals surface area (Å²) in [5.41, 5.74) is -0.145. The van der Waals surface area contributed by atoms with E-state index in [0.717, 1.165) is 19.4 Å². The van der Waals surface area contributed by atoms with E-state index in [1.165, 1.54) is 0 Å². The van der Waals surface area contributed by atoms with Gasteiger partial charge in [-0.3, -0.25) is 0 Å². The lowest BCUT2D eigenvalue weighted by Gasteiger charge is -2.25. The van der Waals surface area contributed by atoms with Crippen LogP contribution in [0.25, 0.3) is 0 Å². The highest BCUT2D eigenvalue weighted by molar-refractivity contribution is 4.71. The Balaban J connectivity index is 3.13. The van der Waals surface area contributed by atoms with Crippen LogP contribution in [0.3, 0.4) is 0 Å². The van der Waals surface area contributed by atoms with Crippen LogP contribution in [0.15, 0.2) is 0 Å². The van der Waals surface area contributed by atoms with E-state index in [4.69, 9.17) is 18.9 Å². The summed E-state index contributed by atoms with van der Waals surface area (Å²) in [4.78, 5) is 0. The number of hydrogen-bond donors (Lipinski definition) is 1. The summed E-state index contributed by atoms with van der Waals surface area (Å²) in [7, 11) is 0. The fraction of sp³-hybridized carbons (Fsp3) is 1.00. The van der Waals surface area contributed by atoms with Crippen molar-refractivity contribution in [1.29, 1.82) is 0 Å². The number of aliphatic hydroxyl groups is 1. The third kappa shape index (κ3) is 14.5. The third-order valence-electron chi connectivity index (χ3n) is 3.03. The normalized spacial score (nSPS) is 13.6. The molecule has 0 heterocycles. The van der Waals surface area contributed by atoms with Gasteiger partial charge in [-0.1, -0.05) is 34.1 Å². The predicted octanol–water partition coefficient (Wildman–Crippen LogP) is 2.26. The lowest BCUT2D eigenvalue weighted by atomic mass is 9.90. The summed E-state index contributed by atoms with van der Waals surface area (Å²) in [6.45, 7) is 12.7. The summed E-state index contributed by atoms with van der Waals surface area (Å²) in [6.07, 6.45) is 1.81. The molecule has 0 aliphatic heterocycles. The van der Waals surface area contributed by atoms with Crippen LogP contribution in [0.1, 0.15) is 40.5 Å². The molecule has 0 saturated heterocycles. The van der Waals surface area contributed by atoms with Crippen molar-refractivity contribution in [1.82, 2.24) is 0 Å². The van der Waals surface area contributed by atoms with Gasteiger partial charge in [0.15, 0.2) is 0 Å². The molecule has 1 N–H and O–H groups in total. The van der Waals surface area contributed by atoms with E-state index in [2.05, 4.69) is 6.92 Å². The summed E-state index contributed by atoms with van der Waals surface area (Å²) in [5, 5.41) is 9.77. The number of unbranched alkanes of at least 4 members (excludes halogenated alkanes) is 1. The van der Waals surface area contributed by atoms with Crippen LogP contribution in [0.5, 0.6) is 0 Å². The zero-order chi connectivity index (χ0) is 16.0. The van der Waals surface area contributed by atoms with Gasteiger partial charge < -0.3 is 24.1 Å². The number of ether oxygens (including phenoxy) is 4. The van der Waals surface area contributed by atoms with Crippen LogP contribution in [-0.4, -0.2) is 64.1 Å². The van der Waals surface area contributed by atoms with Gasteiger partial charge in [0.2, 0.25) is 0 Å². The van der Waals surface area contributed by atoms with E-state index in [-0.39, 0.29) is 5.41 Å². The van der Waals surface area contributed by atoms with Gasteiger partial charge in [0.25, 0.3) is 0 Å². The molecule has 128 valence electrons. The molecule has 0 radical (unpaired) electrons. The number of hydrogen-bond acceptors (Lipinski definition) is 5. The molecule has 0 aromatic carbocycles. The second kappa shape index (κ2) is 13.5. The topological polar surface area (TPSA) is 57.2 Å². The molecule has 5 heteroatoms. The van der Waals surface area contributed by atoms with Gasteiger partial charge >= 0.3 is 0 Å². The predicted molar refractivity (Wildman–Crippen MR) is 83.6 cm³/mol. The minimum atomic E-state index is -0.450. The smallest absolute Gasteiger partial charge is 0.0821 e. The molecule has 0 aromatic rings. The molecule has 0 rings (SSSR count). The van der Waals surface area contributed by atoms with E-state index in [0.29, 0.717) is 46.2 Å². The maximum Gasteiger partial charge on any atom is 0.0821 e. The average Bonchev–Trinajstić information content (AvgIpc) is 2.42. The molecule has 0 bridgehead atoms. The molecule has 21 heavy (non-hydrogen) atoms. The Morgan fingerprint density at radius 3 is 1.62 bits per heavy atom. The van der Waals surface area contributed by atoms with Crippen LogP contribution in [-0.2, 0) is 18.9 Å². The molecule has 0 saturated carbocycles. The van der Waals surface area contributed by atoms with Crippen molar-refractivity contribution >= 4 is 0 Å². The van der Waals surface area contributed by atoms with Crippen LogP contribution >= 0.6 is 0 Å². The van der Waals surface area contributed by atoms with Crippen molar-refractivity contribution in [2.24, 2.45) is 5.41 Å². The van der Waals surface area contributed by atoms with E-state index >= 15 is 0 Å². The van der Waals surface area contributed by atoms with Crippen LogP contribution in [0.2, 0.25) is 0 Å². The first-order valence-electron chi connectivity index (χ1n) is 7.97. The molecular weight excluding hydrogens is 272 g/mol. The fourth-order valence-electron chi connectivity index (χ4n) is 1.35. The highest BCUT2D eigenvalue weighted by Crippen LogP contribution is 2.18. The molecule has 1 atom stereocenters. The van der Waals surface area contributed by atoms with Crippen molar-refractivity contribution < 1.29 is 24.1 Å². The molecule has 1 unspecified atom stereocenters. The molecule has 5 nitrogen and oxygen atoms in total. The minimum absolute atomic E-state index is 0.145. The zero-order valence-electron chi connectivity index (χ0n) is 14.2. The van der Waals surface area contributed by atoms with Crippen LogP contribution in [0.4, 0.5) is 0 Å². The Hall–Kier alpha value is -0.200. The highest BCUT2D eigenvalue weighted by atomic mass is 16.6. The van der Waals surface area contributed by atoms with Gasteiger partial charge in [-0.2, -0.15) is 0 Å². The lowest BCUT2D eigenvalue weighted by Crippen LogP contribution is -2.31. The molecule has 0 aliphatic carbocycles. The standard InChI is InChI=1S/C16H34O5/c1-5-6-7-18-8-9-19-10-11-20-12-13-21-14-15(17)16(2,3)4/h15,17H,5-14H2,1-4H3. The first kappa shape index (κ1) is 20.8. The Morgan fingerprint density at radius 1 is 0.762 bits per heavy atom. The maximum atomic E-state index is 9.77. The van der Waals surface area contributed by atoms with Gasteiger partial charge in [-0.15, -0.1) is 0 Å². The molecular formula is C16H34O5. The Labute approximate surface area is 129 Å². The monoisotopic (exact) mass is 306 g/mol. The van der Waals surface area contributed by atoms with Gasteiger partial charge in [-0.25, -0.2) is 0 Å². The fourth-order valence-corrected chi connectivity index (χ4v) is 1.35. The molecule has 0 spiro atoms. The minimum Gasteiger partial charge on any atom is -0.390 e. The zero-order valence-corrected chi connectivity index (χ0v) is 14.2. The van der Waals surface area contributed by atoms with Crippen molar-refractivity contribution in [3.63, 3.8) is 0 Å². The molecule has 0 amide bonds. The SMILES string of the molecule is CCCCOCCOCCOCCOCC(O)C(C)(C)C. The average molecular weight is 306 g/mol. The van der Waals surface area contributed by atoms with Crippen molar-refractivity contribution in [3.05, 3.63) is 0 Å². The Bertz CT molecular complexity index is 215. The van der Waals surface area contributed by atoms with Gasteiger partial charge in [0, 0.05) is 6.61 Å². The van der Waals surface area contributed by atoms with Gasteiger partial charge in [0.1, 0.15) is 0 Å². The van der Waals surface area contributed by atoms with E-state index in [9.17, 15) is 5.11 Å². The van der Waals surface area contributed by atoms with Crippen molar-refractivity contribution in [2.45, 2.75) is 46.6 Å². The van der Waals surface area contributed by atoms with Crippen LogP contribution < -0.4 is 0 Å².